The maximum atomic E-state index is 12.7. The van der Waals surface area contributed by atoms with Crippen LogP contribution < -0.4 is 0 Å². The molecule has 0 radical (unpaired) electrons. The first kappa shape index (κ1) is 12.5. The van der Waals surface area contributed by atoms with E-state index >= 15 is 0 Å². The second kappa shape index (κ2) is 3.48. The summed E-state index contributed by atoms with van der Waals surface area (Å²) < 4.78 is 92.8. The number of hydrogen-bond donors (Lipinski definition) is 0. The highest BCUT2D eigenvalue weighted by atomic mass is 19.4. The molecule has 0 atom stereocenters. The number of alkyl halides is 7. The van der Waals surface area contributed by atoms with E-state index in [2.05, 4.69) is 9.47 Å². The first-order valence-corrected chi connectivity index (χ1v) is 3.66. The first-order chi connectivity index (χ1) is 6.61. The van der Waals surface area contributed by atoms with E-state index in [9.17, 15) is 30.7 Å². The van der Waals surface area contributed by atoms with Crippen molar-refractivity contribution in [1.82, 2.24) is 0 Å². The molecular weight excluding hydrogens is 237 g/mol. The molecule has 1 aliphatic rings. The van der Waals surface area contributed by atoms with Crippen LogP contribution in [0.15, 0.2) is 0 Å². The lowest BCUT2D eigenvalue weighted by Crippen LogP contribution is -2.58. The summed E-state index contributed by atoms with van der Waals surface area (Å²) in [6.07, 6.45) is -9.22. The van der Waals surface area contributed by atoms with Gasteiger partial charge in [-0.2, -0.15) is 30.7 Å². The van der Waals surface area contributed by atoms with Gasteiger partial charge in [-0.25, -0.2) is 0 Å². The average molecular weight is 242 g/mol. The zero-order chi connectivity index (χ0) is 11.9. The predicted molar refractivity (Wildman–Crippen MR) is 31.6 cm³/mol. The molecule has 0 aromatic carbocycles. The van der Waals surface area contributed by atoms with Crippen LogP contribution in [-0.2, 0) is 9.47 Å². The Hall–Kier alpha value is -0.570. The molecule has 9 heteroatoms. The fraction of sp³-hybridized carbons (Fsp3) is 1.00. The molecule has 0 aromatic heterocycles. The van der Waals surface area contributed by atoms with E-state index in [0.717, 1.165) is 0 Å². The number of hydrogen-bond acceptors (Lipinski definition) is 2. The van der Waals surface area contributed by atoms with Gasteiger partial charge in [-0.1, -0.05) is 0 Å². The standard InChI is InChI=1S/C6H5F7O2/c7-4(8,3-14-1-2-15-3)5(9,10)6(11,12)13/h3H,1-2H2. The molecule has 1 aliphatic heterocycles. The maximum absolute atomic E-state index is 12.7. The molecule has 1 fully saturated rings. The Bertz CT molecular complexity index is 230. The van der Waals surface area contributed by atoms with Crippen molar-refractivity contribution in [3.8, 4) is 0 Å². The summed E-state index contributed by atoms with van der Waals surface area (Å²) in [5.41, 5.74) is 0. The first-order valence-electron chi connectivity index (χ1n) is 3.66. The van der Waals surface area contributed by atoms with E-state index in [1.165, 1.54) is 0 Å². The lowest BCUT2D eigenvalue weighted by molar-refractivity contribution is -0.389. The molecule has 0 unspecified atom stereocenters. The monoisotopic (exact) mass is 242 g/mol. The van der Waals surface area contributed by atoms with Crippen LogP contribution in [0.2, 0.25) is 0 Å². The molecule has 15 heavy (non-hydrogen) atoms. The van der Waals surface area contributed by atoms with Gasteiger partial charge in [-0.15, -0.1) is 0 Å². The van der Waals surface area contributed by atoms with Crippen molar-refractivity contribution in [2.45, 2.75) is 24.3 Å². The van der Waals surface area contributed by atoms with Crippen LogP contribution in [0.5, 0.6) is 0 Å². The van der Waals surface area contributed by atoms with Gasteiger partial charge in [0.15, 0.2) is 0 Å². The summed E-state index contributed by atoms with van der Waals surface area (Å²) in [5.74, 6) is -11.6. The van der Waals surface area contributed by atoms with Crippen LogP contribution in [-0.4, -0.2) is 37.5 Å². The highest BCUT2D eigenvalue weighted by Crippen LogP contribution is 2.49. The van der Waals surface area contributed by atoms with Gasteiger partial charge in [-0.05, 0) is 0 Å². The van der Waals surface area contributed by atoms with Crippen molar-refractivity contribution < 1.29 is 40.2 Å². The van der Waals surface area contributed by atoms with Crippen molar-refractivity contribution in [1.29, 1.82) is 0 Å². The van der Waals surface area contributed by atoms with Gasteiger partial charge in [0.25, 0.3) is 0 Å². The zero-order valence-electron chi connectivity index (χ0n) is 6.95. The van der Waals surface area contributed by atoms with Crippen LogP contribution in [0.4, 0.5) is 30.7 Å². The summed E-state index contributed by atoms with van der Waals surface area (Å²) in [4.78, 5) is 0. The van der Waals surface area contributed by atoms with Crippen LogP contribution in [0, 0.1) is 0 Å². The highest BCUT2D eigenvalue weighted by molar-refractivity contribution is 4.94. The quantitative estimate of drug-likeness (QED) is 0.691. The highest BCUT2D eigenvalue weighted by Gasteiger charge is 2.76. The molecule has 0 N–H and O–H groups in total. The third-order valence-corrected chi connectivity index (χ3v) is 1.69. The fourth-order valence-electron chi connectivity index (χ4n) is 0.905. The van der Waals surface area contributed by atoms with E-state index < -0.39 is 37.5 Å². The van der Waals surface area contributed by atoms with E-state index in [1.807, 2.05) is 0 Å². The van der Waals surface area contributed by atoms with Crippen LogP contribution in [0.25, 0.3) is 0 Å². The molecule has 90 valence electrons. The van der Waals surface area contributed by atoms with Gasteiger partial charge in [0.1, 0.15) is 0 Å². The minimum atomic E-state index is -6.36. The number of halogens is 7. The Morgan fingerprint density at radius 2 is 1.20 bits per heavy atom. The SMILES string of the molecule is FC(F)(F)C(F)(F)C(F)(F)C1OCCO1. The Balaban J connectivity index is 2.92. The Labute approximate surface area is 78.9 Å². The third kappa shape index (κ3) is 1.89. The van der Waals surface area contributed by atoms with Gasteiger partial charge < -0.3 is 9.47 Å². The van der Waals surface area contributed by atoms with Gasteiger partial charge >= 0.3 is 18.0 Å². The van der Waals surface area contributed by atoms with E-state index in [4.69, 9.17) is 0 Å². The second-order valence-electron chi connectivity index (χ2n) is 2.77. The summed E-state index contributed by atoms with van der Waals surface area (Å²) in [6, 6.07) is 0. The minimum Gasteiger partial charge on any atom is -0.345 e. The lowest BCUT2D eigenvalue weighted by atomic mass is 10.1. The summed E-state index contributed by atoms with van der Waals surface area (Å²) in [6.45, 7) is -0.900. The number of ether oxygens (including phenoxy) is 2. The Kier molecular flexibility index (Phi) is 2.90. The number of rotatable bonds is 2. The third-order valence-electron chi connectivity index (χ3n) is 1.69. The predicted octanol–water partition coefficient (Wildman–Crippen LogP) is 2.19. The topological polar surface area (TPSA) is 18.5 Å². The molecule has 1 saturated heterocycles. The molecule has 0 saturated carbocycles. The molecule has 0 spiro atoms. The van der Waals surface area contributed by atoms with Crippen molar-refractivity contribution in [2.24, 2.45) is 0 Å². The zero-order valence-corrected chi connectivity index (χ0v) is 6.95. The van der Waals surface area contributed by atoms with E-state index in [0.29, 0.717) is 0 Å². The summed E-state index contributed by atoms with van der Waals surface area (Å²) >= 11 is 0. The molecular formula is C6H5F7O2. The van der Waals surface area contributed by atoms with Gasteiger partial charge in [0.2, 0.25) is 6.29 Å². The lowest BCUT2D eigenvalue weighted by Gasteiger charge is -2.30. The molecule has 0 aromatic rings. The van der Waals surface area contributed by atoms with Gasteiger partial charge in [0.05, 0.1) is 13.2 Å². The molecule has 2 nitrogen and oxygen atoms in total. The normalized spacial score (nSPS) is 21.0. The van der Waals surface area contributed by atoms with Crippen LogP contribution in [0.3, 0.4) is 0 Å². The Morgan fingerprint density at radius 3 is 1.53 bits per heavy atom. The van der Waals surface area contributed by atoms with Crippen molar-refractivity contribution in [3.63, 3.8) is 0 Å². The maximum Gasteiger partial charge on any atom is 0.460 e. The molecule has 0 bridgehead atoms. The van der Waals surface area contributed by atoms with Crippen molar-refractivity contribution >= 4 is 0 Å². The molecule has 0 aliphatic carbocycles. The van der Waals surface area contributed by atoms with Gasteiger partial charge in [0, 0.05) is 0 Å². The van der Waals surface area contributed by atoms with Crippen LogP contribution >= 0.6 is 0 Å². The van der Waals surface area contributed by atoms with Crippen LogP contribution in [0.1, 0.15) is 0 Å². The fourth-order valence-corrected chi connectivity index (χ4v) is 0.905. The Morgan fingerprint density at radius 1 is 0.800 bits per heavy atom. The molecule has 0 amide bonds. The van der Waals surface area contributed by atoms with Gasteiger partial charge in [-0.3, -0.25) is 0 Å². The molecule has 1 rings (SSSR count). The smallest absolute Gasteiger partial charge is 0.345 e. The van der Waals surface area contributed by atoms with E-state index in [-0.39, 0.29) is 0 Å². The largest absolute Gasteiger partial charge is 0.460 e. The second-order valence-corrected chi connectivity index (χ2v) is 2.77. The van der Waals surface area contributed by atoms with Crippen molar-refractivity contribution in [3.05, 3.63) is 0 Å². The summed E-state index contributed by atoms with van der Waals surface area (Å²) in [5, 5.41) is 0. The minimum absolute atomic E-state index is 0.450. The average Bonchev–Trinajstić information content (AvgIpc) is 2.53. The summed E-state index contributed by atoms with van der Waals surface area (Å²) in [7, 11) is 0. The van der Waals surface area contributed by atoms with Crippen molar-refractivity contribution in [2.75, 3.05) is 13.2 Å². The molecule has 1 heterocycles. The van der Waals surface area contributed by atoms with E-state index in [1.54, 1.807) is 0 Å².